The Bertz CT molecular complexity index is 401. The number of carbonyl (C=O) groups is 1. The van der Waals surface area contributed by atoms with Crippen molar-refractivity contribution in [2.45, 2.75) is 52.6 Å². The van der Waals surface area contributed by atoms with E-state index >= 15 is 0 Å². The maximum atomic E-state index is 11.2. The second-order valence-corrected chi connectivity index (χ2v) is 5.23. The average molecular weight is 263 g/mol. The molecule has 0 aliphatic rings. The Morgan fingerprint density at radius 3 is 2.53 bits per heavy atom. The van der Waals surface area contributed by atoms with E-state index in [-0.39, 0.29) is 0 Å². The highest BCUT2D eigenvalue weighted by atomic mass is 16.4. The third-order valence-electron chi connectivity index (χ3n) is 3.40. The first-order valence-corrected chi connectivity index (χ1v) is 7.11. The highest BCUT2D eigenvalue weighted by molar-refractivity contribution is 5.89. The van der Waals surface area contributed by atoms with Crippen molar-refractivity contribution in [3.8, 4) is 0 Å². The molecule has 3 heteroatoms. The number of carboxylic acid groups (broad SMARTS) is 1. The fraction of sp³-hybridized carbons (Fsp3) is 0.562. The molecule has 0 aliphatic carbocycles. The maximum Gasteiger partial charge on any atom is 0.336 e. The molecule has 0 atom stereocenters. The Kier molecular flexibility index (Phi) is 6.57. The first-order chi connectivity index (χ1) is 9.06. The highest BCUT2D eigenvalue weighted by Crippen LogP contribution is 2.14. The first kappa shape index (κ1) is 15.7. The van der Waals surface area contributed by atoms with Crippen LogP contribution in [-0.2, 0) is 6.54 Å². The number of carboxylic acids is 1. The van der Waals surface area contributed by atoms with Crippen LogP contribution in [-0.4, -0.2) is 28.6 Å². The molecule has 0 fully saturated rings. The number of aromatic carboxylic acids is 1. The predicted octanol–water partition coefficient (Wildman–Crippen LogP) is 3.79. The van der Waals surface area contributed by atoms with Gasteiger partial charge in [-0.2, -0.15) is 0 Å². The quantitative estimate of drug-likeness (QED) is 0.725. The van der Waals surface area contributed by atoms with E-state index in [1.807, 2.05) is 12.1 Å². The van der Waals surface area contributed by atoms with Gasteiger partial charge in [0.25, 0.3) is 0 Å². The summed E-state index contributed by atoms with van der Waals surface area (Å²) in [6.07, 6.45) is 3.60. The Balaban J connectivity index is 2.76. The maximum absolute atomic E-state index is 11.2. The first-order valence-electron chi connectivity index (χ1n) is 7.11. The number of hydrogen-bond acceptors (Lipinski definition) is 2. The molecule has 1 rings (SSSR count). The van der Waals surface area contributed by atoms with E-state index in [2.05, 4.69) is 25.7 Å². The molecule has 0 aromatic heterocycles. The summed E-state index contributed by atoms with van der Waals surface area (Å²) in [5.74, 6) is -0.840. The zero-order valence-corrected chi connectivity index (χ0v) is 12.2. The van der Waals surface area contributed by atoms with Gasteiger partial charge in [0.2, 0.25) is 0 Å². The molecule has 106 valence electrons. The molecular formula is C16H25NO2. The van der Waals surface area contributed by atoms with Crippen LogP contribution >= 0.6 is 0 Å². The molecule has 0 aliphatic heterocycles. The van der Waals surface area contributed by atoms with E-state index in [0.717, 1.165) is 12.1 Å². The van der Waals surface area contributed by atoms with Crippen molar-refractivity contribution in [3.05, 3.63) is 35.4 Å². The Labute approximate surface area is 116 Å². The van der Waals surface area contributed by atoms with Gasteiger partial charge in [-0.15, -0.1) is 0 Å². The van der Waals surface area contributed by atoms with Crippen molar-refractivity contribution in [2.75, 3.05) is 6.54 Å². The molecule has 3 nitrogen and oxygen atoms in total. The number of rotatable bonds is 8. The summed E-state index contributed by atoms with van der Waals surface area (Å²) >= 11 is 0. The third kappa shape index (κ3) is 5.03. The summed E-state index contributed by atoms with van der Waals surface area (Å²) in [6, 6.07) is 7.72. The highest BCUT2D eigenvalue weighted by Gasteiger charge is 2.14. The SMILES string of the molecule is CCCCCN(Cc1ccccc1C(=O)O)C(C)C. The van der Waals surface area contributed by atoms with Gasteiger partial charge in [-0.3, -0.25) is 4.90 Å². The zero-order valence-electron chi connectivity index (χ0n) is 12.2. The minimum absolute atomic E-state index is 0.420. The summed E-state index contributed by atoms with van der Waals surface area (Å²) in [7, 11) is 0. The monoisotopic (exact) mass is 263 g/mol. The largest absolute Gasteiger partial charge is 0.478 e. The molecular weight excluding hydrogens is 238 g/mol. The lowest BCUT2D eigenvalue weighted by Crippen LogP contribution is -2.32. The van der Waals surface area contributed by atoms with Crippen molar-refractivity contribution in [1.82, 2.24) is 4.90 Å². The van der Waals surface area contributed by atoms with Crippen LogP contribution in [0, 0.1) is 0 Å². The predicted molar refractivity (Wildman–Crippen MR) is 78.5 cm³/mol. The topological polar surface area (TPSA) is 40.5 Å². The van der Waals surface area contributed by atoms with E-state index < -0.39 is 5.97 Å². The summed E-state index contributed by atoms with van der Waals surface area (Å²) < 4.78 is 0. The van der Waals surface area contributed by atoms with E-state index in [1.165, 1.54) is 19.3 Å². The van der Waals surface area contributed by atoms with E-state index in [4.69, 9.17) is 0 Å². The summed E-state index contributed by atoms with van der Waals surface area (Å²) in [5, 5.41) is 9.21. The van der Waals surface area contributed by atoms with Crippen LogP contribution in [0.25, 0.3) is 0 Å². The summed E-state index contributed by atoms with van der Waals surface area (Å²) in [6.45, 7) is 8.26. The van der Waals surface area contributed by atoms with Gasteiger partial charge in [-0.25, -0.2) is 4.79 Å². The van der Waals surface area contributed by atoms with Gasteiger partial charge in [-0.05, 0) is 38.4 Å². The molecule has 0 saturated carbocycles. The van der Waals surface area contributed by atoms with Crippen LogP contribution < -0.4 is 0 Å². The van der Waals surface area contributed by atoms with Gasteiger partial charge in [0, 0.05) is 12.6 Å². The standard InChI is InChI=1S/C16H25NO2/c1-4-5-8-11-17(13(2)3)12-14-9-6-7-10-15(14)16(18)19/h6-7,9-10,13H,4-5,8,11-12H2,1-3H3,(H,18,19). The minimum Gasteiger partial charge on any atom is -0.478 e. The molecule has 0 unspecified atom stereocenters. The van der Waals surface area contributed by atoms with Gasteiger partial charge in [0.05, 0.1) is 5.56 Å². The zero-order chi connectivity index (χ0) is 14.3. The van der Waals surface area contributed by atoms with Gasteiger partial charge >= 0.3 is 5.97 Å². The fourth-order valence-electron chi connectivity index (χ4n) is 2.17. The number of hydrogen-bond donors (Lipinski definition) is 1. The fourth-order valence-corrected chi connectivity index (χ4v) is 2.17. The summed E-state index contributed by atoms with van der Waals surface area (Å²) in [4.78, 5) is 13.6. The lowest BCUT2D eigenvalue weighted by atomic mass is 10.1. The molecule has 0 spiro atoms. The van der Waals surface area contributed by atoms with Crippen LogP contribution in [0.4, 0.5) is 0 Å². The molecule has 1 N–H and O–H groups in total. The number of unbranched alkanes of at least 4 members (excludes halogenated alkanes) is 2. The second kappa shape index (κ2) is 7.95. The van der Waals surface area contributed by atoms with Crippen LogP contribution in [0.15, 0.2) is 24.3 Å². The van der Waals surface area contributed by atoms with Crippen LogP contribution in [0.2, 0.25) is 0 Å². The second-order valence-electron chi connectivity index (χ2n) is 5.23. The van der Waals surface area contributed by atoms with Crippen LogP contribution in [0.5, 0.6) is 0 Å². The molecule has 0 amide bonds. The number of benzene rings is 1. The van der Waals surface area contributed by atoms with Crippen LogP contribution in [0.1, 0.15) is 56.0 Å². The van der Waals surface area contributed by atoms with Gasteiger partial charge in [0.15, 0.2) is 0 Å². The molecule has 19 heavy (non-hydrogen) atoms. The van der Waals surface area contributed by atoms with Crippen molar-refractivity contribution in [1.29, 1.82) is 0 Å². The average Bonchev–Trinajstić information content (AvgIpc) is 2.38. The molecule has 1 aromatic rings. The molecule has 0 radical (unpaired) electrons. The van der Waals surface area contributed by atoms with Gasteiger partial charge in [-0.1, -0.05) is 38.0 Å². The van der Waals surface area contributed by atoms with Gasteiger partial charge < -0.3 is 5.11 Å². The molecule has 0 heterocycles. The Hall–Kier alpha value is -1.35. The lowest BCUT2D eigenvalue weighted by Gasteiger charge is -2.27. The lowest BCUT2D eigenvalue weighted by molar-refractivity contribution is 0.0693. The molecule has 0 saturated heterocycles. The van der Waals surface area contributed by atoms with Crippen molar-refractivity contribution in [3.63, 3.8) is 0 Å². The smallest absolute Gasteiger partial charge is 0.336 e. The minimum atomic E-state index is -0.840. The van der Waals surface area contributed by atoms with Gasteiger partial charge in [0.1, 0.15) is 0 Å². The summed E-state index contributed by atoms with van der Waals surface area (Å²) in [5.41, 5.74) is 1.32. The van der Waals surface area contributed by atoms with E-state index in [9.17, 15) is 9.90 Å². The third-order valence-corrected chi connectivity index (χ3v) is 3.40. The normalized spacial score (nSPS) is 11.2. The Morgan fingerprint density at radius 2 is 1.95 bits per heavy atom. The van der Waals surface area contributed by atoms with E-state index in [0.29, 0.717) is 18.2 Å². The molecule has 1 aromatic carbocycles. The van der Waals surface area contributed by atoms with Crippen LogP contribution in [0.3, 0.4) is 0 Å². The Morgan fingerprint density at radius 1 is 1.26 bits per heavy atom. The van der Waals surface area contributed by atoms with E-state index in [1.54, 1.807) is 12.1 Å². The van der Waals surface area contributed by atoms with Crippen molar-refractivity contribution in [2.24, 2.45) is 0 Å². The van der Waals surface area contributed by atoms with Crippen molar-refractivity contribution >= 4 is 5.97 Å². The van der Waals surface area contributed by atoms with Crippen molar-refractivity contribution < 1.29 is 9.90 Å². The number of nitrogens with zero attached hydrogens (tertiary/aromatic N) is 1. The molecule has 0 bridgehead atoms.